The third-order valence-electron chi connectivity index (χ3n) is 3.38. The van der Waals surface area contributed by atoms with Crippen LogP contribution < -0.4 is 11.1 Å². The molecule has 1 aromatic heterocycles. The summed E-state index contributed by atoms with van der Waals surface area (Å²) in [6, 6.07) is 0. The molecule has 1 heterocycles. The summed E-state index contributed by atoms with van der Waals surface area (Å²) in [4.78, 5) is 11.2. The van der Waals surface area contributed by atoms with Crippen LogP contribution in [0.25, 0.3) is 0 Å². The number of anilines is 2. The van der Waals surface area contributed by atoms with Crippen LogP contribution in [0.1, 0.15) is 38.6 Å². The summed E-state index contributed by atoms with van der Waals surface area (Å²) in [7, 11) is 0. The molecule has 0 radical (unpaired) electrons. The van der Waals surface area contributed by atoms with E-state index < -0.39 is 0 Å². The summed E-state index contributed by atoms with van der Waals surface area (Å²) < 4.78 is 0. The second-order valence-electron chi connectivity index (χ2n) is 4.66. The van der Waals surface area contributed by atoms with E-state index in [0.29, 0.717) is 5.82 Å². The molecule has 1 rings (SSSR count). The lowest BCUT2D eigenvalue weighted by Gasteiger charge is -2.18. The molecule has 0 atom stereocenters. The van der Waals surface area contributed by atoms with Gasteiger partial charge in [0.2, 0.25) is 0 Å². The molecule has 19 heavy (non-hydrogen) atoms. The molecule has 0 aromatic carbocycles. The minimum atomic E-state index is 0.582. The Bertz CT molecular complexity index is 388. The van der Waals surface area contributed by atoms with Crippen molar-refractivity contribution in [2.75, 3.05) is 37.2 Å². The number of nitrogen functional groups attached to an aromatic ring is 1. The topological polar surface area (TPSA) is 67.1 Å². The number of nitrogens with zero attached hydrogens (tertiary/aromatic N) is 3. The molecule has 5 heteroatoms. The Morgan fingerprint density at radius 3 is 2.42 bits per heavy atom. The molecule has 1 aromatic rings. The molecule has 0 aliphatic rings. The zero-order valence-electron chi connectivity index (χ0n) is 12.7. The van der Waals surface area contributed by atoms with E-state index in [1.807, 2.05) is 13.8 Å². The van der Waals surface area contributed by atoms with Gasteiger partial charge in [-0.2, -0.15) is 0 Å². The minimum Gasteiger partial charge on any atom is -0.383 e. The predicted octanol–water partition coefficient (Wildman–Crippen LogP) is 2.07. The fourth-order valence-electron chi connectivity index (χ4n) is 1.96. The SMILES string of the molecule is CCc1nc(N)c(C)c(NCCCN(CC)CC)n1. The number of aryl methyl sites for hydroxylation is 1. The van der Waals surface area contributed by atoms with Gasteiger partial charge in [-0.1, -0.05) is 20.8 Å². The second-order valence-corrected chi connectivity index (χ2v) is 4.66. The van der Waals surface area contributed by atoms with Gasteiger partial charge in [-0.3, -0.25) is 0 Å². The van der Waals surface area contributed by atoms with Crippen LogP contribution in [0.15, 0.2) is 0 Å². The fraction of sp³-hybridized carbons (Fsp3) is 0.714. The minimum absolute atomic E-state index is 0.582. The van der Waals surface area contributed by atoms with Crippen LogP contribution in [0, 0.1) is 6.92 Å². The van der Waals surface area contributed by atoms with Crippen LogP contribution in [0.5, 0.6) is 0 Å². The monoisotopic (exact) mass is 265 g/mol. The van der Waals surface area contributed by atoms with Crippen LogP contribution in [-0.2, 0) is 6.42 Å². The van der Waals surface area contributed by atoms with Gasteiger partial charge >= 0.3 is 0 Å². The molecule has 0 saturated heterocycles. The fourth-order valence-corrected chi connectivity index (χ4v) is 1.96. The molecule has 0 aliphatic carbocycles. The van der Waals surface area contributed by atoms with E-state index in [-0.39, 0.29) is 0 Å². The molecule has 0 aliphatic heterocycles. The molecule has 108 valence electrons. The van der Waals surface area contributed by atoms with Crippen molar-refractivity contribution >= 4 is 11.6 Å². The normalized spacial score (nSPS) is 11.0. The van der Waals surface area contributed by atoms with Gasteiger partial charge in [-0.05, 0) is 33.0 Å². The standard InChI is InChI=1S/C14H27N5/c1-5-12-17-13(15)11(4)14(18-12)16-9-8-10-19(6-2)7-3/h5-10H2,1-4H3,(H3,15,16,17,18). The number of rotatable bonds is 8. The van der Waals surface area contributed by atoms with Gasteiger partial charge in [0, 0.05) is 18.5 Å². The van der Waals surface area contributed by atoms with Crippen molar-refractivity contribution in [1.29, 1.82) is 0 Å². The highest BCUT2D eigenvalue weighted by molar-refractivity contribution is 5.54. The lowest BCUT2D eigenvalue weighted by molar-refractivity contribution is 0.303. The van der Waals surface area contributed by atoms with Crippen molar-refractivity contribution in [2.45, 2.75) is 40.5 Å². The summed E-state index contributed by atoms with van der Waals surface area (Å²) in [5.41, 5.74) is 6.84. The van der Waals surface area contributed by atoms with Gasteiger partial charge in [0.1, 0.15) is 17.5 Å². The maximum Gasteiger partial charge on any atom is 0.134 e. The first kappa shape index (κ1) is 15.7. The number of aromatic nitrogens is 2. The van der Waals surface area contributed by atoms with Crippen LogP contribution in [0.2, 0.25) is 0 Å². The molecule has 5 nitrogen and oxygen atoms in total. The zero-order valence-corrected chi connectivity index (χ0v) is 12.7. The predicted molar refractivity (Wildman–Crippen MR) is 81.5 cm³/mol. The van der Waals surface area contributed by atoms with E-state index in [1.54, 1.807) is 0 Å². The molecule has 3 N–H and O–H groups in total. The Hall–Kier alpha value is -1.36. The van der Waals surface area contributed by atoms with Gasteiger partial charge in [-0.15, -0.1) is 0 Å². The van der Waals surface area contributed by atoms with Gasteiger partial charge in [-0.25, -0.2) is 9.97 Å². The molecule has 0 fully saturated rings. The lowest BCUT2D eigenvalue weighted by Crippen LogP contribution is -2.25. The van der Waals surface area contributed by atoms with Crippen LogP contribution in [0.3, 0.4) is 0 Å². The highest BCUT2D eigenvalue weighted by Gasteiger charge is 2.07. The van der Waals surface area contributed by atoms with Crippen molar-refractivity contribution in [3.63, 3.8) is 0 Å². The van der Waals surface area contributed by atoms with Crippen molar-refractivity contribution in [1.82, 2.24) is 14.9 Å². The van der Waals surface area contributed by atoms with Crippen molar-refractivity contribution in [3.05, 3.63) is 11.4 Å². The number of nitrogens with two attached hydrogens (primary N) is 1. The Morgan fingerprint density at radius 1 is 1.16 bits per heavy atom. The largest absolute Gasteiger partial charge is 0.383 e. The van der Waals surface area contributed by atoms with Gasteiger partial charge in [0.15, 0.2) is 0 Å². The Balaban J connectivity index is 2.51. The average molecular weight is 265 g/mol. The van der Waals surface area contributed by atoms with E-state index in [4.69, 9.17) is 5.73 Å². The molecular formula is C14H27N5. The Morgan fingerprint density at radius 2 is 1.84 bits per heavy atom. The van der Waals surface area contributed by atoms with Crippen molar-refractivity contribution < 1.29 is 0 Å². The smallest absolute Gasteiger partial charge is 0.134 e. The first-order valence-corrected chi connectivity index (χ1v) is 7.21. The summed E-state index contributed by atoms with van der Waals surface area (Å²) in [5.74, 6) is 2.26. The number of hydrogen-bond acceptors (Lipinski definition) is 5. The average Bonchev–Trinajstić information content (AvgIpc) is 2.43. The van der Waals surface area contributed by atoms with Gasteiger partial charge in [0.25, 0.3) is 0 Å². The van der Waals surface area contributed by atoms with Gasteiger partial charge in [0.05, 0.1) is 0 Å². The first-order valence-electron chi connectivity index (χ1n) is 7.21. The maximum absolute atomic E-state index is 5.89. The van der Waals surface area contributed by atoms with Crippen molar-refractivity contribution in [3.8, 4) is 0 Å². The molecule has 0 amide bonds. The van der Waals surface area contributed by atoms with Crippen LogP contribution in [-0.4, -0.2) is 41.0 Å². The summed E-state index contributed by atoms with van der Waals surface area (Å²) in [5, 5.41) is 3.37. The Labute approximate surface area is 116 Å². The van der Waals surface area contributed by atoms with E-state index in [2.05, 4.69) is 34.0 Å². The maximum atomic E-state index is 5.89. The van der Waals surface area contributed by atoms with Crippen LogP contribution >= 0.6 is 0 Å². The lowest BCUT2D eigenvalue weighted by atomic mass is 10.3. The van der Waals surface area contributed by atoms with E-state index in [1.165, 1.54) is 0 Å². The Kier molecular flexibility index (Phi) is 6.56. The van der Waals surface area contributed by atoms with E-state index >= 15 is 0 Å². The highest BCUT2D eigenvalue weighted by atomic mass is 15.1. The van der Waals surface area contributed by atoms with E-state index in [0.717, 1.165) is 56.2 Å². The first-order chi connectivity index (χ1) is 9.12. The molecule has 0 unspecified atom stereocenters. The van der Waals surface area contributed by atoms with Crippen molar-refractivity contribution in [2.24, 2.45) is 0 Å². The summed E-state index contributed by atoms with van der Waals surface area (Å²) >= 11 is 0. The molecule has 0 spiro atoms. The zero-order chi connectivity index (χ0) is 14.3. The molecular weight excluding hydrogens is 238 g/mol. The van der Waals surface area contributed by atoms with Gasteiger partial charge < -0.3 is 16.0 Å². The van der Waals surface area contributed by atoms with Crippen LogP contribution in [0.4, 0.5) is 11.6 Å². The second kappa shape index (κ2) is 7.94. The highest BCUT2D eigenvalue weighted by Crippen LogP contribution is 2.17. The third-order valence-corrected chi connectivity index (χ3v) is 3.38. The number of nitrogens with one attached hydrogen (secondary N) is 1. The van der Waals surface area contributed by atoms with E-state index in [9.17, 15) is 0 Å². The molecule has 0 saturated carbocycles. The molecule has 0 bridgehead atoms. The summed E-state index contributed by atoms with van der Waals surface area (Å²) in [6.07, 6.45) is 1.91. The quantitative estimate of drug-likeness (QED) is 0.704. The number of hydrogen-bond donors (Lipinski definition) is 2. The summed E-state index contributed by atoms with van der Waals surface area (Å²) in [6.45, 7) is 12.6. The third kappa shape index (κ3) is 4.67.